The van der Waals surface area contributed by atoms with Crippen molar-refractivity contribution in [2.45, 2.75) is 25.0 Å². The van der Waals surface area contributed by atoms with E-state index in [0.717, 1.165) is 0 Å². The summed E-state index contributed by atoms with van der Waals surface area (Å²) in [6.45, 7) is 4.31. The zero-order valence-electron chi connectivity index (χ0n) is 12.0. The lowest BCUT2D eigenvalue weighted by Crippen LogP contribution is -2.56. The second-order valence-corrected chi connectivity index (χ2v) is 4.40. The Hall–Kier alpha value is -0.240. The van der Waals surface area contributed by atoms with Crippen molar-refractivity contribution in [3.8, 4) is 0 Å². The largest absolute Gasteiger partial charge is 0.395 e. The fraction of sp³-hybridized carbons (Fsp3) is 1.00. The molecule has 110 valence electrons. The molecule has 0 heterocycles. The molecule has 0 radical (unpaired) electrons. The molecule has 0 aliphatic carbocycles. The van der Waals surface area contributed by atoms with E-state index in [4.69, 9.17) is 19.9 Å². The highest BCUT2D eigenvalue weighted by Gasteiger charge is 2.27. The van der Waals surface area contributed by atoms with Crippen LogP contribution in [-0.4, -0.2) is 82.4 Å². The van der Waals surface area contributed by atoms with Crippen molar-refractivity contribution in [3.63, 3.8) is 0 Å². The van der Waals surface area contributed by atoms with Crippen LogP contribution in [0, 0.1) is 0 Å². The summed E-state index contributed by atoms with van der Waals surface area (Å²) in [5.41, 5.74) is 6.04. The van der Waals surface area contributed by atoms with Gasteiger partial charge >= 0.3 is 0 Å². The van der Waals surface area contributed by atoms with E-state index in [1.54, 1.807) is 21.3 Å². The van der Waals surface area contributed by atoms with Crippen molar-refractivity contribution in [1.82, 2.24) is 4.90 Å². The number of hydrogen-bond acceptors (Lipinski definition) is 6. The molecule has 0 saturated carbocycles. The monoisotopic (exact) mass is 264 g/mol. The molecule has 0 spiro atoms. The van der Waals surface area contributed by atoms with Crippen LogP contribution in [0.25, 0.3) is 0 Å². The van der Waals surface area contributed by atoms with Crippen molar-refractivity contribution in [2.24, 2.45) is 5.73 Å². The van der Waals surface area contributed by atoms with Crippen molar-refractivity contribution < 1.29 is 19.3 Å². The lowest BCUT2D eigenvalue weighted by molar-refractivity contribution is 0.00667. The van der Waals surface area contributed by atoms with E-state index >= 15 is 0 Å². The van der Waals surface area contributed by atoms with Crippen LogP contribution in [-0.2, 0) is 14.2 Å². The Morgan fingerprint density at radius 2 is 1.72 bits per heavy atom. The van der Waals surface area contributed by atoms with Crippen molar-refractivity contribution in [2.75, 3.05) is 54.3 Å². The number of aliphatic hydroxyl groups is 1. The molecule has 3 atom stereocenters. The maximum Gasteiger partial charge on any atom is 0.0629 e. The van der Waals surface area contributed by atoms with E-state index in [1.807, 2.05) is 6.92 Å². The number of rotatable bonds is 11. The molecular formula is C12H28N2O4. The number of nitrogens with zero attached hydrogens (tertiary/aromatic N) is 1. The maximum absolute atomic E-state index is 9.55. The normalized spacial score (nSPS) is 16.8. The third kappa shape index (κ3) is 6.08. The predicted molar refractivity (Wildman–Crippen MR) is 70.6 cm³/mol. The van der Waals surface area contributed by atoms with Crippen LogP contribution in [0.5, 0.6) is 0 Å². The van der Waals surface area contributed by atoms with Gasteiger partial charge in [-0.25, -0.2) is 0 Å². The van der Waals surface area contributed by atoms with Gasteiger partial charge in [-0.15, -0.1) is 0 Å². The van der Waals surface area contributed by atoms with Gasteiger partial charge in [-0.05, 0) is 6.92 Å². The van der Waals surface area contributed by atoms with Crippen LogP contribution < -0.4 is 5.73 Å². The first-order chi connectivity index (χ1) is 8.62. The molecule has 18 heavy (non-hydrogen) atoms. The fourth-order valence-electron chi connectivity index (χ4n) is 2.04. The fourth-order valence-corrected chi connectivity index (χ4v) is 2.04. The van der Waals surface area contributed by atoms with Crippen LogP contribution in [0.15, 0.2) is 0 Å². The summed E-state index contributed by atoms with van der Waals surface area (Å²) in [5.74, 6) is 0. The third-order valence-electron chi connectivity index (χ3n) is 2.99. The molecule has 3 unspecified atom stereocenters. The molecule has 0 rings (SSSR count). The quantitative estimate of drug-likeness (QED) is 0.514. The number of hydrogen-bond donors (Lipinski definition) is 2. The van der Waals surface area contributed by atoms with Gasteiger partial charge in [0.05, 0.1) is 32.5 Å². The summed E-state index contributed by atoms with van der Waals surface area (Å²) in [4.78, 5) is 2.11. The van der Waals surface area contributed by atoms with Gasteiger partial charge in [-0.1, -0.05) is 0 Å². The molecule has 0 fully saturated rings. The van der Waals surface area contributed by atoms with Gasteiger partial charge in [0, 0.05) is 40.0 Å². The lowest BCUT2D eigenvalue weighted by Gasteiger charge is -2.38. The zero-order valence-corrected chi connectivity index (χ0v) is 12.0. The minimum absolute atomic E-state index is 0.0116. The first kappa shape index (κ1) is 17.8. The van der Waals surface area contributed by atoms with Gasteiger partial charge in [0.15, 0.2) is 0 Å². The average Bonchev–Trinajstić information content (AvgIpc) is 2.34. The van der Waals surface area contributed by atoms with Gasteiger partial charge < -0.3 is 25.1 Å². The van der Waals surface area contributed by atoms with Gasteiger partial charge in [0.1, 0.15) is 0 Å². The number of ether oxygens (including phenoxy) is 3. The van der Waals surface area contributed by atoms with Crippen LogP contribution >= 0.6 is 0 Å². The summed E-state index contributed by atoms with van der Waals surface area (Å²) < 4.78 is 15.3. The van der Waals surface area contributed by atoms with Crippen LogP contribution in [0.1, 0.15) is 6.92 Å². The van der Waals surface area contributed by atoms with E-state index in [9.17, 15) is 5.11 Å². The van der Waals surface area contributed by atoms with E-state index < -0.39 is 0 Å². The Morgan fingerprint density at radius 3 is 2.17 bits per heavy atom. The molecule has 0 bridgehead atoms. The van der Waals surface area contributed by atoms with E-state index in [2.05, 4.69) is 4.90 Å². The number of nitrogens with two attached hydrogens (primary N) is 1. The SMILES string of the molecule is COCCN(C(C)COC)C(CO)C(N)COC. The predicted octanol–water partition coefficient (Wildman–Crippen LogP) is -0.696. The summed E-state index contributed by atoms with van der Waals surface area (Å²) in [6.07, 6.45) is 0. The Morgan fingerprint density at radius 1 is 1.11 bits per heavy atom. The minimum Gasteiger partial charge on any atom is -0.395 e. The molecule has 0 aliphatic heterocycles. The topological polar surface area (TPSA) is 77.2 Å². The lowest BCUT2D eigenvalue weighted by atomic mass is 10.1. The van der Waals surface area contributed by atoms with E-state index in [1.165, 1.54) is 0 Å². The molecule has 6 nitrogen and oxygen atoms in total. The van der Waals surface area contributed by atoms with Crippen LogP contribution in [0.2, 0.25) is 0 Å². The molecule has 0 aliphatic rings. The molecule has 0 aromatic rings. The summed E-state index contributed by atoms with van der Waals surface area (Å²) in [7, 11) is 4.92. The van der Waals surface area contributed by atoms with Gasteiger partial charge in [-0.3, -0.25) is 4.90 Å². The van der Waals surface area contributed by atoms with Crippen LogP contribution in [0.3, 0.4) is 0 Å². The average molecular weight is 264 g/mol. The van der Waals surface area contributed by atoms with E-state index in [0.29, 0.717) is 26.4 Å². The summed E-state index contributed by atoms with van der Waals surface area (Å²) in [6, 6.07) is -0.244. The van der Waals surface area contributed by atoms with Crippen molar-refractivity contribution in [1.29, 1.82) is 0 Å². The Balaban J connectivity index is 4.64. The molecule has 3 N–H and O–H groups in total. The highest BCUT2D eigenvalue weighted by Crippen LogP contribution is 2.09. The summed E-state index contributed by atoms with van der Waals surface area (Å²) >= 11 is 0. The van der Waals surface area contributed by atoms with Gasteiger partial charge in [0.2, 0.25) is 0 Å². The van der Waals surface area contributed by atoms with Crippen molar-refractivity contribution >= 4 is 0 Å². The molecule has 0 saturated heterocycles. The van der Waals surface area contributed by atoms with Gasteiger partial charge in [-0.2, -0.15) is 0 Å². The molecule has 6 heteroatoms. The minimum atomic E-state index is -0.240. The number of methoxy groups -OCH3 is 3. The third-order valence-corrected chi connectivity index (χ3v) is 2.99. The first-order valence-electron chi connectivity index (χ1n) is 6.21. The highest BCUT2D eigenvalue weighted by molar-refractivity contribution is 4.84. The Labute approximate surface area is 110 Å². The summed E-state index contributed by atoms with van der Waals surface area (Å²) in [5, 5.41) is 9.55. The number of aliphatic hydroxyl groups excluding tert-OH is 1. The molecule has 0 amide bonds. The maximum atomic E-state index is 9.55. The second-order valence-electron chi connectivity index (χ2n) is 4.40. The first-order valence-corrected chi connectivity index (χ1v) is 6.21. The van der Waals surface area contributed by atoms with Crippen LogP contribution in [0.4, 0.5) is 0 Å². The highest BCUT2D eigenvalue weighted by atomic mass is 16.5. The smallest absolute Gasteiger partial charge is 0.0629 e. The van der Waals surface area contributed by atoms with Gasteiger partial charge in [0.25, 0.3) is 0 Å². The Kier molecular flexibility index (Phi) is 10.5. The van der Waals surface area contributed by atoms with Crippen molar-refractivity contribution in [3.05, 3.63) is 0 Å². The Bertz CT molecular complexity index is 195. The molecular weight excluding hydrogens is 236 g/mol. The zero-order chi connectivity index (χ0) is 14.0. The molecule has 0 aromatic heterocycles. The standard InChI is InChI=1S/C12H28N2O4/c1-10(8-17-3)14(5-6-16-2)12(7-15)11(13)9-18-4/h10-12,15H,5-9,13H2,1-4H3. The second kappa shape index (κ2) is 10.7. The molecule has 0 aromatic carbocycles. The van der Waals surface area contributed by atoms with E-state index in [-0.39, 0.29) is 24.7 Å².